The van der Waals surface area contributed by atoms with E-state index in [0.29, 0.717) is 31.2 Å². The van der Waals surface area contributed by atoms with Crippen molar-refractivity contribution in [2.45, 2.75) is 32.2 Å². The third-order valence-electron chi connectivity index (χ3n) is 4.10. The van der Waals surface area contributed by atoms with Crippen molar-refractivity contribution in [3.63, 3.8) is 0 Å². The highest BCUT2D eigenvalue weighted by atomic mass is 35.5. The molecule has 0 spiro atoms. The zero-order chi connectivity index (χ0) is 13.9. The fourth-order valence-corrected chi connectivity index (χ4v) is 2.73. The van der Waals surface area contributed by atoms with E-state index in [2.05, 4.69) is 32.1 Å². The molecule has 1 atom stereocenters. The van der Waals surface area contributed by atoms with Gasteiger partial charge in [-0.05, 0) is 37.3 Å². The number of nitrogens with zero attached hydrogens (tertiary/aromatic N) is 4. The van der Waals surface area contributed by atoms with Gasteiger partial charge in [0.1, 0.15) is 0 Å². The molecule has 3 rings (SSSR count). The van der Waals surface area contributed by atoms with Crippen LogP contribution in [-0.2, 0) is 4.74 Å². The largest absolute Gasteiger partial charge is 0.378 e. The van der Waals surface area contributed by atoms with E-state index in [1.165, 1.54) is 19.3 Å². The van der Waals surface area contributed by atoms with Crippen molar-refractivity contribution in [3.05, 3.63) is 5.28 Å². The van der Waals surface area contributed by atoms with Gasteiger partial charge in [0.05, 0.1) is 13.2 Å². The number of anilines is 2. The Balaban J connectivity index is 1.71. The quantitative estimate of drug-likeness (QED) is 0.916. The normalized spacial score (nSPS) is 21.4. The summed E-state index contributed by atoms with van der Waals surface area (Å²) in [6.07, 6.45) is 3.89. The van der Waals surface area contributed by atoms with Crippen molar-refractivity contribution in [1.29, 1.82) is 0 Å². The lowest BCUT2D eigenvalue weighted by Crippen LogP contribution is -2.38. The summed E-state index contributed by atoms with van der Waals surface area (Å²) in [5.41, 5.74) is 0. The van der Waals surface area contributed by atoms with Crippen LogP contribution in [-0.4, -0.2) is 47.3 Å². The molecule has 1 saturated carbocycles. The lowest BCUT2D eigenvalue weighted by molar-refractivity contribution is 0.122. The van der Waals surface area contributed by atoms with Crippen LogP contribution in [0, 0.1) is 5.92 Å². The van der Waals surface area contributed by atoms with Crippen LogP contribution in [0.1, 0.15) is 26.2 Å². The van der Waals surface area contributed by atoms with Gasteiger partial charge in [0, 0.05) is 19.1 Å². The van der Waals surface area contributed by atoms with Crippen LogP contribution < -0.4 is 10.2 Å². The fraction of sp³-hybridized carbons (Fsp3) is 0.769. The van der Waals surface area contributed by atoms with Crippen LogP contribution in [0.4, 0.5) is 11.9 Å². The van der Waals surface area contributed by atoms with E-state index in [4.69, 9.17) is 16.3 Å². The van der Waals surface area contributed by atoms with Crippen LogP contribution >= 0.6 is 11.6 Å². The molecule has 0 aromatic carbocycles. The van der Waals surface area contributed by atoms with Gasteiger partial charge in [0.25, 0.3) is 0 Å². The van der Waals surface area contributed by atoms with Crippen molar-refractivity contribution >= 4 is 23.5 Å². The molecule has 6 nitrogen and oxygen atoms in total. The molecule has 1 aliphatic carbocycles. The van der Waals surface area contributed by atoms with E-state index in [1.807, 2.05) is 0 Å². The Morgan fingerprint density at radius 3 is 2.65 bits per heavy atom. The van der Waals surface area contributed by atoms with Gasteiger partial charge in [-0.1, -0.05) is 6.42 Å². The molecule has 2 heterocycles. The summed E-state index contributed by atoms with van der Waals surface area (Å²) in [6, 6.07) is 0.375. The molecule has 1 unspecified atom stereocenters. The minimum atomic E-state index is 0.241. The molecule has 2 fully saturated rings. The topological polar surface area (TPSA) is 63.2 Å². The first-order valence-electron chi connectivity index (χ1n) is 7.23. The van der Waals surface area contributed by atoms with Crippen LogP contribution in [0.2, 0.25) is 5.28 Å². The maximum atomic E-state index is 6.02. The minimum Gasteiger partial charge on any atom is -0.378 e. The average molecular weight is 298 g/mol. The van der Waals surface area contributed by atoms with Gasteiger partial charge in [0.15, 0.2) is 0 Å². The molecule has 0 amide bonds. The zero-order valence-corrected chi connectivity index (χ0v) is 12.4. The summed E-state index contributed by atoms with van der Waals surface area (Å²) >= 11 is 6.02. The molecule has 1 saturated heterocycles. The van der Waals surface area contributed by atoms with E-state index in [0.717, 1.165) is 19.0 Å². The first kappa shape index (κ1) is 13.8. The summed E-state index contributed by atoms with van der Waals surface area (Å²) < 4.78 is 5.34. The summed E-state index contributed by atoms with van der Waals surface area (Å²) in [5.74, 6) is 1.93. The van der Waals surface area contributed by atoms with Gasteiger partial charge >= 0.3 is 0 Å². The van der Waals surface area contributed by atoms with Gasteiger partial charge in [-0.15, -0.1) is 0 Å². The number of nitrogens with one attached hydrogen (secondary N) is 1. The molecular weight excluding hydrogens is 278 g/mol. The zero-order valence-electron chi connectivity index (χ0n) is 11.7. The van der Waals surface area contributed by atoms with Gasteiger partial charge in [0.2, 0.25) is 17.2 Å². The fourth-order valence-electron chi connectivity index (χ4n) is 2.57. The summed E-state index contributed by atoms with van der Waals surface area (Å²) in [5, 5.41) is 3.60. The molecule has 1 aliphatic heterocycles. The van der Waals surface area contributed by atoms with Crippen molar-refractivity contribution in [2.75, 3.05) is 36.5 Å². The number of ether oxygens (including phenoxy) is 1. The van der Waals surface area contributed by atoms with E-state index < -0.39 is 0 Å². The van der Waals surface area contributed by atoms with E-state index in [9.17, 15) is 0 Å². The van der Waals surface area contributed by atoms with Gasteiger partial charge in [-0.3, -0.25) is 0 Å². The third-order valence-corrected chi connectivity index (χ3v) is 4.27. The Bertz CT molecular complexity index is 462. The number of halogens is 1. The molecule has 1 aromatic rings. The first-order chi connectivity index (χ1) is 9.72. The van der Waals surface area contributed by atoms with Crippen molar-refractivity contribution < 1.29 is 4.74 Å². The highest BCUT2D eigenvalue weighted by Crippen LogP contribution is 2.30. The molecular formula is C13H20ClN5O. The molecule has 20 heavy (non-hydrogen) atoms. The molecule has 0 bridgehead atoms. The Labute approximate surface area is 123 Å². The van der Waals surface area contributed by atoms with E-state index >= 15 is 0 Å². The molecule has 2 aliphatic rings. The van der Waals surface area contributed by atoms with Crippen LogP contribution in [0.3, 0.4) is 0 Å². The summed E-state index contributed by atoms with van der Waals surface area (Å²) in [4.78, 5) is 15.0. The van der Waals surface area contributed by atoms with E-state index in [1.54, 1.807) is 0 Å². The number of hydrogen-bond acceptors (Lipinski definition) is 6. The maximum Gasteiger partial charge on any atom is 0.231 e. The molecule has 110 valence electrons. The highest BCUT2D eigenvalue weighted by molar-refractivity contribution is 6.28. The molecule has 1 aromatic heterocycles. The number of morpholine rings is 1. The van der Waals surface area contributed by atoms with Crippen LogP contribution in [0.5, 0.6) is 0 Å². The lowest BCUT2D eigenvalue weighted by Gasteiger charge is -2.32. The van der Waals surface area contributed by atoms with Crippen molar-refractivity contribution in [1.82, 2.24) is 15.0 Å². The van der Waals surface area contributed by atoms with Crippen molar-refractivity contribution in [2.24, 2.45) is 5.92 Å². The van der Waals surface area contributed by atoms with Gasteiger partial charge in [-0.25, -0.2) is 0 Å². The minimum absolute atomic E-state index is 0.241. The van der Waals surface area contributed by atoms with Crippen molar-refractivity contribution in [3.8, 4) is 0 Å². The average Bonchev–Trinajstić information content (AvgIpc) is 2.37. The van der Waals surface area contributed by atoms with E-state index in [-0.39, 0.29) is 5.28 Å². The SMILES string of the molecule is CC(Nc1nc(Cl)nc(N2CCOCC2)n1)C1CCC1. The second-order valence-corrected chi connectivity index (χ2v) is 5.79. The Hall–Kier alpha value is -1.14. The van der Waals surface area contributed by atoms with Gasteiger partial charge < -0.3 is 15.0 Å². The monoisotopic (exact) mass is 297 g/mol. The predicted octanol–water partition coefficient (Wildman–Crippen LogP) is 1.96. The van der Waals surface area contributed by atoms with Crippen LogP contribution in [0.25, 0.3) is 0 Å². The smallest absolute Gasteiger partial charge is 0.231 e. The first-order valence-corrected chi connectivity index (χ1v) is 7.61. The number of rotatable bonds is 4. The van der Waals surface area contributed by atoms with Gasteiger partial charge in [-0.2, -0.15) is 15.0 Å². The Morgan fingerprint density at radius 2 is 2.00 bits per heavy atom. The van der Waals surface area contributed by atoms with Crippen LogP contribution in [0.15, 0.2) is 0 Å². The standard InChI is InChI=1S/C13H20ClN5O/c1-9(10-3-2-4-10)15-12-16-11(14)17-13(18-12)19-5-7-20-8-6-19/h9-10H,2-8H2,1H3,(H,15,16,17,18). The molecule has 1 N–H and O–H groups in total. The second kappa shape index (κ2) is 6.10. The number of aromatic nitrogens is 3. The molecule has 0 radical (unpaired) electrons. The Kier molecular flexibility index (Phi) is 4.21. The molecule has 7 heteroatoms. The number of hydrogen-bond donors (Lipinski definition) is 1. The lowest BCUT2D eigenvalue weighted by atomic mass is 9.80. The summed E-state index contributed by atoms with van der Waals surface area (Å²) in [6.45, 7) is 5.15. The maximum absolute atomic E-state index is 6.02. The highest BCUT2D eigenvalue weighted by Gasteiger charge is 2.25. The third kappa shape index (κ3) is 3.12. The second-order valence-electron chi connectivity index (χ2n) is 5.45. The summed E-state index contributed by atoms with van der Waals surface area (Å²) in [7, 11) is 0. The Morgan fingerprint density at radius 1 is 1.25 bits per heavy atom. The predicted molar refractivity (Wildman–Crippen MR) is 78.3 cm³/mol.